The van der Waals surface area contributed by atoms with Crippen molar-refractivity contribution in [2.24, 2.45) is 0 Å². The number of amides is 1. The molecule has 0 radical (unpaired) electrons. The highest BCUT2D eigenvalue weighted by Gasteiger charge is 2.25. The Morgan fingerprint density at radius 1 is 1.03 bits per heavy atom. The Balaban J connectivity index is 2.08. The minimum atomic E-state index is -1.17. The highest BCUT2D eigenvalue weighted by atomic mass is 16.3. The van der Waals surface area contributed by atoms with Crippen molar-refractivity contribution in [3.8, 4) is 11.8 Å². The highest BCUT2D eigenvalue weighted by molar-refractivity contribution is 5.98. The molecule has 0 saturated carbocycles. The van der Waals surface area contributed by atoms with Crippen LogP contribution in [-0.2, 0) is 16.0 Å². The molecule has 30 heavy (non-hydrogen) atoms. The summed E-state index contributed by atoms with van der Waals surface area (Å²) in [6.45, 7) is 2.44. The Kier molecular flexibility index (Phi) is 8.48. The SMILES string of the molecule is CCC(=O)Cc1cccc(C#Cc2ccc(C(=O)N[C@H](C(=O)CO)[C@@H](C)O)cc2)c1. The lowest BCUT2D eigenvalue weighted by atomic mass is 10.0. The number of aliphatic hydroxyl groups is 2. The van der Waals surface area contributed by atoms with Crippen molar-refractivity contribution in [1.82, 2.24) is 5.32 Å². The van der Waals surface area contributed by atoms with Crippen LogP contribution in [-0.4, -0.2) is 46.4 Å². The van der Waals surface area contributed by atoms with Crippen molar-refractivity contribution in [2.45, 2.75) is 38.8 Å². The normalized spacial score (nSPS) is 12.3. The largest absolute Gasteiger partial charge is 0.391 e. The third-order valence-electron chi connectivity index (χ3n) is 4.49. The van der Waals surface area contributed by atoms with Crippen molar-refractivity contribution in [3.05, 3.63) is 70.8 Å². The molecule has 3 N–H and O–H groups in total. The lowest BCUT2D eigenvalue weighted by Gasteiger charge is -2.19. The lowest BCUT2D eigenvalue weighted by Crippen LogP contribution is -2.48. The van der Waals surface area contributed by atoms with Gasteiger partial charge in [0, 0.05) is 29.5 Å². The van der Waals surface area contributed by atoms with Crippen LogP contribution in [0, 0.1) is 11.8 Å². The molecule has 6 nitrogen and oxygen atoms in total. The first-order chi connectivity index (χ1) is 14.3. The first-order valence-electron chi connectivity index (χ1n) is 9.69. The molecule has 0 fully saturated rings. The zero-order valence-corrected chi connectivity index (χ0v) is 17.0. The van der Waals surface area contributed by atoms with E-state index in [2.05, 4.69) is 17.2 Å². The summed E-state index contributed by atoms with van der Waals surface area (Å²) in [7, 11) is 0. The lowest BCUT2D eigenvalue weighted by molar-refractivity contribution is -0.126. The fourth-order valence-electron chi connectivity index (χ4n) is 2.75. The molecule has 156 valence electrons. The maximum Gasteiger partial charge on any atom is 0.251 e. The number of hydrogen-bond donors (Lipinski definition) is 3. The number of Topliss-reactive ketones (excluding diaryl/α,β-unsaturated/α-hetero) is 2. The quantitative estimate of drug-likeness (QED) is 0.578. The van der Waals surface area contributed by atoms with Crippen LogP contribution < -0.4 is 5.32 Å². The third kappa shape index (κ3) is 6.66. The molecule has 0 unspecified atom stereocenters. The number of carbonyl (C=O) groups excluding carboxylic acids is 3. The molecule has 0 aliphatic rings. The van der Waals surface area contributed by atoms with Gasteiger partial charge in [0.1, 0.15) is 18.4 Å². The molecule has 0 aliphatic carbocycles. The molecule has 0 aromatic heterocycles. The van der Waals surface area contributed by atoms with E-state index in [9.17, 15) is 19.5 Å². The summed E-state index contributed by atoms with van der Waals surface area (Å²) in [5, 5.41) is 21.0. The van der Waals surface area contributed by atoms with Crippen molar-refractivity contribution < 1.29 is 24.6 Å². The summed E-state index contributed by atoms with van der Waals surface area (Å²) in [5.41, 5.74) is 2.71. The summed E-state index contributed by atoms with van der Waals surface area (Å²) >= 11 is 0. The van der Waals surface area contributed by atoms with Gasteiger partial charge >= 0.3 is 0 Å². The van der Waals surface area contributed by atoms with E-state index in [0.29, 0.717) is 24.0 Å². The standard InChI is InChI=1S/C24H25NO5/c1-3-21(28)14-19-6-4-5-18(13-19)8-7-17-9-11-20(12-10-17)24(30)25-23(16(2)27)22(29)15-26/h4-6,9-13,16,23,26-27H,3,14-15H2,1-2H3,(H,25,30)/t16-,23+/m1/s1. The number of hydrogen-bond acceptors (Lipinski definition) is 5. The van der Waals surface area contributed by atoms with Gasteiger partial charge in [-0.15, -0.1) is 0 Å². The van der Waals surface area contributed by atoms with E-state index in [1.165, 1.54) is 6.92 Å². The molecule has 6 heteroatoms. The van der Waals surface area contributed by atoms with E-state index in [1.54, 1.807) is 24.3 Å². The monoisotopic (exact) mass is 407 g/mol. The van der Waals surface area contributed by atoms with Gasteiger partial charge in [0.15, 0.2) is 5.78 Å². The van der Waals surface area contributed by atoms with E-state index in [-0.39, 0.29) is 5.78 Å². The summed E-state index contributed by atoms with van der Waals surface area (Å²) in [4.78, 5) is 35.5. The van der Waals surface area contributed by atoms with Crippen LogP contribution in [0.4, 0.5) is 0 Å². The molecule has 1 amide bonds. The van der Waals surface area contributed by atoms with Crippen molar-refractivity contribution >= 4 is 17.5 Å². The van der Waals surface area contributed by atoms with Crippen LogP contribution in [0.2, 0.25) is 0 Å². The van der Waals surface area contributed by atoms with E-state index in [4.69, 9.17) is 5.11 Å². The van der Waals surface area contributed by atoms with E-state index >= 15 is 0 Å². The second-order valence-corrected chi connectivity index (χ2v) is 6.91. The van der Waals surface area contributed by atoms with Gasteiger partial charge in [-0.3, -0.25) is 14.4 Å². The number of aliphatic hydroxyl groups excluding tert-OH is 2. The van der Waals surface area contributed by atoms with Crippen LogP contribution in [0.3, 0.4) is 0 Å². The Hall–Kier alpha value is -3.27. The molecule has 2 aromatic rings. The van der Waals surface area contributed by atoms with Crippen LogP contribution in [0.1, 0.15) is 47.3 Å². The summed E-state index contributed by atoms with van der Waals surface area (Å²) in [5.74, 6) is 5.04. The van der Waals surface area contributed by atoms with Crippen LogP contribution in [0.25, 0.3) is 0 Å². The van der Waals surface area contributed by atoms with Crippen LogP contribution in [0.15, 0.2) is 48.5 Å². The number of rotatable bonds is 8. The maximum atomic E-state index is 12.3. The maximum absolute atomic E-state index is 12.3. The minimum absolute atomic E-state index is 0.174. The molecule has 0 saturated heterocycles. The van der Waals surface area contributed by atoms with Gasteiger partial charge in [0.2, 0.25) is 0 Å². The van der Waals surface area contributed by atoms with Crippen molar-refractivity contribution in [3.63, 3.8) is 0 Å². The van der Waals surface area contributed by atoms with Gasteiger partial charge in [-0.1, -0.05) is 30.9 Å². The minimum Gasteiger partial charge on any atom is -0.391 e. The number of benzene rings is 2. The van der Waals surface area contributed by atoms with Crippen LogP contribution in [0.5, 0.6) is 0 Å². The molecule has 0 spiro atoms. The number of nitrogens with one attached hydrogen (secondary N) is 1. The molecular formula is C24H25NO5. The zero-order chi connectivity index (χ0) is 22.1. The Labute approximate surface area is 175 Å². The van der Waals surface area contributed by atoms with Crippen molar-refractivity contribution in [2.75, 3.05) is 6.61 Å². The predicted molar refractivity (Wildman–Crippen MR) is 113 cm³/mol. The fourth-order valence-corrected chi connectivity index (χ4v) is 2.75. The summed E-state index contributed by atoms with van der Waals surface area (Å²) in [6.07, 6.45) is -0.230. The molecule has 2 atom stereocenters. The summed E-state index contributed by atoms with van der Waals surface area (Å²) < 4.78 is 0. The molecule has 0 bridgehead atoms. The number of ketones is 2. The van der Waals surface area contributed by atoms with Crippen molar-refractivity contribution in [1.29, 1.82) is 0 Å². The molecular weight excluding hydrogens is 382 g/mol. The molecule has 2 rings (SSSR count). The Morgan fingerprint density at radius 3 is 2.30 bits per heavy atom. The first kappa shape index (κ1) is 23.0. The first-order valence-corrected chi connectivity index (χ1v) is 9.69. The number of carbonyl (C=O) groups is 3. The highest BCUT2D eigenvalue weighted by Crippen LogP contribution is 2.08. The average Bonchev–Trinajstić information content (AvgIpc) is 2.75. The predicted octanol–water partition coefficient (Wildman–Crippen LogP) is 1.65. The second-order valence-electron chi connectivity index (χ2n) is 6.91. The zero-order valence-electron chi connectivity index (χ0n) is 17.0. The average molecular weight is 407 g/mol. The van der Waals surface area contributed by atoms with Crippen LogP contribution >= 0.6 is 0 Å². The molecule has 2 aromatic carbocycles. The topological polar surface area (TPSA) is 104 Å². The van der Waals surface area contributed by atoms with E-state index in [0.717, 1.165) is 11.1 Å². The third-order valence-corrected chi connectivity index (χ3v) is 4.49. The van der Waals surface area contributed by atoms with Gasteiger partial charge in [-0.05, 0) is 48.9 Å². The summed E-state index contributed by atoms with van der Waals surface area (Å²) in [6, 6.07) is 12.8. The Bertz CT molecular complexity index is 967. The van der Waals surface area contributed by atoms with Gasteiger partial charge in [0.25, 0.3) is 5.91 Å². The molecule has 0 aliphatic heterocycles. The smallest absolute Gasteiger partial charge is 0.251 e. The van der Waals surface area contributed by atoms with E-state index < -0.39 is 30.4 Å². The second kappa shape index (κ2) is 11.1. The van der Waals surface area contributed by atoms with Gasteiger partial charge in [-0.25, -0.2) is 0 Å². The van der Waals surface area contributed by atoms with Gasteiger partial charge < -0.3 is 15.5 Å². The fraction of sp³-hybridized carbons (Fsp3) is 0.292. The Morgan fingerprint density at radius 2 is 1.70 bits per heavy atom. The van der Waals surface area contributed by atoms with Gasteiger partial charge in [-0.2, -0.15) is 0 Å². The molecule has 0 heterocycles. The van der Waals surface area contributed by atoms with E-state index in [1.807, 2.05) is 31.2 Å². The van der Waals surface area contributed by atoms with Gasteiger partial charge in [0.05, 0.1) is 6.10 Å².